The van der Waals surface area contributed by atoms with Crippen molar-refractivity contribution < 1.29 is 19.4 Å². The molecule has 0 aliphatic carbocycles. The van der Waals surface area contributed by atoms with E-state index in [4.69, 9.17) is 4.99 Å². The number of benzene rings is 3. The molecular weight excluding hydrogens is 548 g/mol. The quantitative estimate of drug-likeness (QED) is 0.276. The summed E-state index contributed by atoms with van der Waals surface area (Å²) in [4.78, 5) is 54.4. The van der Waals surface area contributed by atoms with Crippen molar-refractivity contribution in [3.63, 3.8) is 0 Å². The Labute approximate surface area is 238 Å². The number of carbonyl (C=O) groups excluding carboxylic acids is 2. The predicted molar refractivity (Wildman–Crippen MR) is 156 cm³/mol. The Morgan fingerprint density at radius 2 is 1.56 bits per heavy atom. The lowest BCUT2D eigenvalue weighted by atomic mass is 9.93. The van der Waals surface area contributed by atoms with Crippen molar-refractivity contribution in [1.82, 2.24) is 4.90 Å². The molecule has 1 unspecified atom stereocenters. The van der Waals surface area contributed by atoms with E-state index >= 15 is 0 Å². The van der Waals surface area contributed by atoms with Gasteiger partial charge in [0.15, 0.2) is 5.17 Å². The lowest BCUT2D eigenvalue weighted by Crippen LogP contribution is -2.43. The first kappa shape index (κ1) is 27.5. The fourth-order valence-electron chi connectivity index (χ4n) is 4.75. The van der Waals surface area contributed by atoms with Crippen LogP contribution in [0.25, 0.3) is 0 Å². The maximum absolute atomic E-state index is 13.6. The number of amidine groups is 1. The van der Waals surface area contributed by atoms with Crippen molar-refractivity contribution in [2.45, 2.75) is 19.4 Å². The molecule has 5 rings (SSSR count). The van der Waals surface area contributed by atoms with E-state index in [0.29, 0.717) is 29.2 Å². The van der Waals surface area contributed by atoms with Gasteiger partial charge in [-0.25, -0.2) is 4.99 Å². The van der Waals surface area contributed by atoms with Gasteiger partial charge in [0.05, 0.1) is 38.8 Å². The summed E-state index contributed by atoms with van der Waals surface area (Å²) in [6.45, 7) is 2.48. The minimum atomic E-state index is -0.792. The third kappa shape index (κ3) is 5.94. The van der Waals surface area contributed by atoms with Crippen LogP contribution in [0.2, 0.25) is 0 Å². The van der Waals surface area contributed by atoms with Crippen LogP contribution < -0.4 is 10.6 Å². The van der Waals surface area contributed by atoms with Gasteiger partial charge in [-0.15, -0.1) is 0 Å². The topological polar surface area (TPSA) is 160 Å². The summed E-state index contributed by atoms with van der Waals surface area (Å²) in [6, 6.07) is 18.3. The molecule has 2 heterocycles. The summed E-state index contributed by atoms with van der Waals surface area (Å²) in [7, 11) is 0. The molecule has 2 N–H and O–H groups in total. The smallest absolute Gasteiger partial charge is 0.277 e. The largest absolute Gasteiger partial charge is 0.340 e. The molecule has 2 amide bonds. The molecule has 1 saturated heterocycles. The van der Waals surface area contributed by atoms with Crippen LogP contribution in [0.5, 0.6) is 0 Å². The molecule has 1 atom stereocenters. The summed E-state index contributed by atoms with van der Waals surface area (Å²) < 4.78 is 0. The van der Waals surface area contributed by atoms with Gasteiger partial charge in [0, 0.05) is 35.8 Å². The summed E-state index contributed by atoms with van der Waals surface area (Å²) >= 11 is 1.62. The molecule has 0 saturated carbocycles. The SMILES string of the molecule is CC1=C(C(=O)Nc2ccccc2)C(c2cccc(NC(=O)c3cc([N+](=O)[O-])cc([N+](=O)[O-])c3)c2)N2CCCSC2=N1. The highest BCUT2D eigenvalue weighted by Gasteiger charge is 2.37. The number of rotatable bonds is 7. The number of amides is 2. The van der Waals surface area contributed by atoms with Crippen LogP contribution in [0.4, 0.5) is 22.7 Å². The van der Waals surface area contributed by atoms with Crippen LogP contribution in [0.3, 0.4) is 0 Å². The lowest BCUT2D eigenvalue weighted by Gasteiger charge is -2.41. The molecule has 12 nitrogen and oxygen atoms in total. The van der Waals surface area contributed by atoms with Crippen molar-refractivity contribution in [3.8, 4) is 0 Å². The molecule has 0 bridgehead atoms. The molecule has 0 spiro atoms. The summed E-state index contributed by atoms with van der Waals surface area (Å²) in [5.74, 6) is -0.135. The maximum atomic E-state index is 13.6. The van der Waals surface area contributed by atoms with Gasteiger partial charge in [0.1, 0.15) is 0 Å². The number of hydrogen-bond acceptors (Lipinski definition) is 9. The Balaban J connectivity index is 1.48. The number of para-hydroxylation sites is 1. The van der Waals surface area contributed by atoms with Crippen molar-refractivity contribution >= 4 is 51.5 Å². The zero-order valence-corrected chi connectivity index (χ0v) is 22.6. The number of hydrogen-bond donors (Lipinski definition) is 2. The first-order valence-electron chi connectivity index (χ1n) is 12.6. The van der Waals surface area contributed by atoms with Crippen LogP contribution >= 0.6 is 11.8 Å². The highest BCUT2D eigenvalue weighted by Crippen LogP contribution is 2.40. The number of nitrogens with zero attached hydrogens (tertiary/aromatic N) is 4. The second-order valence-electron chi connectivity index (χ2n) is 9.34. The van der Waals surface area contributed by atoms with E-state index in [-0.39, 0.29) is 11.5 Å². The van der Waals surface area contributed by atoms with Gasteiger partial charge in [-0.2, -0.15) is 0 Å². The van der Waals surface area contributed by atoms with Gasteiger partial charge in [-0.3, -0.25) is 29.8 Å². The molecule has 3 aromatic rings. The lowest BCUT2D eigenvalue weighted by molar-refractivity contribution is -0.394. The Morgan fingerprint density at radius 1 is 0.902 bits per heavy atom. The van der Waals surface area contributed by atoms with Crippen LogP contribution in [0.15, 0.2) is 89.1 Å². The Bertz CT molecular complexity index is 1590. The first-order valence-corrected chi connectivity index (χ1v) is 13.6. The molecule has 0 aromatic heterocycles. The Kier molecular flexibility index (Phi) is 7.79. The van der Waals surface area contributed by atoms with Crippen molar-refractivity contribution in [2.24, 2.45) is 4.99 Å². The van der Waals surface area contributed by atoms with Crippen molar-refractivity contribution in [3.05, 3.63) is 115 Å². The minimum absolute atomic E-state index is 0.227. The normalized spacial score (nSPS) is 16.4. The van der Waals surface area contributed by atoms with E-state index in [9.17, 15) is 29.8 Å². The van der Waals surface area contributed by atoms with Crippen LogP contribution in [0, 0.1) is 20.2 Å². The number of anilines is 2. The van der Waals surface area contributed by atoms with E-state index in [2.05, 4.69) is 15.5 Å². The second kappa shape index (κ2) is 11.6. The van der Waals surface area contributed by atoms with Crippen LogP contribution in [-0.2, 0) is 4.79 Å². The van der Waals surface area contributed by atoms with E-state index in [1.54, 1.807) is 49.0 Å². The zero-order valence-electron chi connectivity index (χ0n) is 21.8. The highest BCUT2D eigenvalue weighted by atomic mass is 32.2. The molecule has 13 heteroatoms. The standard InChI is InChI=1S/C28H24N6O6S/c1-17-24(27(36)30-20-8-3-2-4-9-20)25(32-11-6-12-41-28(32)29-17)18-7-5-10-21(13-18)31-26(35)19-14-22(33(37)38)16-23(15-19)34(39)40/h2-5,7-10,13-16,25H,6,11-12H2,1H3,(H,30,36)(H,31,35). The number of carbonyl (C=O) groups is 2. The molecule has 2 aliphatic rings. The number of nitro benzene ring substituents is 2. The van der Waals surface area contributed by atoms with Gasteiger partial charge in [0.2, 0.25) is 0 Å². The first-order chi connectivity index (χ1) is 19.7. The minimum Gasteiger partial charge on any atom is -0.340 e. The van der Waals surface area contributed by atoms with Gasteiger partial charge in [0.25, 0.3) is 23.2 Å². The Hall–Kier alpha value is -5.04. The number of nitro groups is 2. The van der Waals surface area contributed by atoms with Crippen molar-refractivity contribution in [1.29, 1.82) is 0 Å². The fourth-order valence-corrected chi connectivity index (χ4v) is 5.77. The molecule has 1 fully saturated rings. The zero-order chi connectivity index (χ0) is 29.1. The van der Waals surface area contributed by atoms with E-state index in [1.165, 1.54) is 0 Å². The number of aliphatic imine (C=N–C) groups is 1. The van der Waals surface area contributed by atoms with E-state index in [0.717, 1.165) is 41.1 Å². The average Bonchev–Trinajstić information content (AvgIpc) is 2.96. The Morgan fingerprint density at radius 3 is 2.24 bits per heavy atom. The fraction of sp³-hybridized carbons (Fsp3) is 0.179. The predicted octanol–water partition coefficient (Wildman–Crippen LogP) is 5.52. The average molecular weight is 573 g/mol. The number of fused-ring (bicyclic) bond motifs is 1. The van der Waals surface area contributed by atoms with Crippen LogP contribution in [0.1, 0.15) is 35.3 Å². The third-order valence-corrected chi connectivity index (χ3v) is 7.66. The highest BCUT2D eigenvalue weighted by molar-refractivity contribution is 8.13. The van der Waals surface area contributed by atoms with Gasteiger partial charge < -0.3 is 15.5 Å². The summed E-state index contributed by atoms with van der Waals surface area (Å²) in [5.41, 5.74) is 1.42. The van der Waals surface area contributed by atoms with Crippen LogP contribution in [-0.4, -0.2) is 44.0 Å². The van der Waals surface area contributed by atoms with Gasteiger partial charge in [-0.1, -0.05) is 42.1 Å². The van der Waals surface area contributed by atoms with Crippen molar-refractivity contribution in [2.75, 3.05) is 22.9 Å². The maximum Gasteiger partial charge on any atom is 0.277 e. The van der Waals surface area contributed by atoms with Gasteiger partial charge >= 0.3 is 0 Å². The molecular formula is C28H24N6O6S. The third-order valence-electron chi connectivity index (χ3n) is 6.58. The van der Waals surface area contributed by atoms with Gasteiger partial charge in [-0.05, 0) is 43.2 Å². The van der Waals surface area contributed by atoms with E-state index in [1.807, 2.05) is 24.3 Å². The summed E-state index contributed by atoms with van der Waals surface area (Å²) in [5, 5.41) is 29.0. The molecule has 3 aromatic carbocycles. The molecule has 0 radical (unpaired) electrons. The number of nitrogens with one attached hydrogen (secondary N) is 2. The molecule has 208 valence electrons. The molecule has 2 aliphatic heterocycles. The number of allylic oxidation sites excluding steroid dienone is 1. The second-order valence-corrected chi connectivity index (χ2v) is 10.4. The summed E-state index contributed by atoms with van der Waals surface area (Å²) in [6.07, 6.45) is 0.898. The van der Waals surface area contributed by atoms with E-state index < -0.39 is 33.2 Å². The number of thioether (sulfide) groups is 1. The monoisotopic (exact) mass is 572 g/mol. The number of non-ortho nitro benzene ring substituents is 2. The molecule has 41 heavy (non-hydrogen) atoms.